The predicted octanol–water partition coefficient (Wildman–Crippen LogP) is 10.5. The number of methoxy groups -OCH3 is 1. The van der Waals surface area contributed by atoms with Gasteiger partial charge in [0.15, 0.2) is 0 Å². The molecule has 3 spiro atoms. The van der Waals surface area contributed by atoms with Gasteiger partial charge in [0, 0.05) is 100 Å². The van der Waals surface area contributed by atoms with Gasteiger partial charge in [0.2, 0.25) is 17.7 Å². The van der Waals surface area contributed by atoms with Gasteiger partial charge in [0.25, 0.3) is 0 Å². The maximum atomic E-state index is 13.7. The Bertz CT molecular complexity index is 3860. The van der Waals surface area contributed by atoms with Crippen molar-refractivity contribution in [1.29, 1.82) is 0 Å². The van der Waals surface area contributed by atoms with Crippen LogP contribution in [0.25, 0.3) is 21.5 Å². The van der Waals surface area contributed by atoms with Gasteiger partial charge in [-0.1, -0.05) is 35.3 Å². The maximum absolute atomic E-state index is 13.7. The number of fused-ring (bicyclic) bond motifs is 8. The van der Waals surface area contributed by atoms with Crippen molar-refractivity contribution >= 4 is 130 Å². The minimum absolute atomic E-state index is 0.0597. The lowest BCUT2D eigenvalue weighted by Gasteiger charge is -2.46. The number of carbonyl (C=O) groups is 6. The molecule has 7 aromatic rings. The third kappa shape index (κ3) is 10.2. The van der Waals surface area contributed by atoms with Crippen LogP contribution in [0.15, 0.2) is 113 Å². The van der Waals surface area contributed by atoms with Crippen molar-refractivity contribution in [3.8, 4) is 0 Å². The van der Waals surface area contributed by atoms with E-state index in [1.807, 2.05) is 96.1 Å². The van der Waals surface area contributed by atoms with Crippen LogP contribution < -0.4 is 15.1 Å². The number of anilines is 3. The Morgan fingerprint density at radius 3 is 1.39 bits per heavy atom. The highest BCUT2D eigenvalue weighted by Crippen LogP contribution is 2.50. The highest BCUT2D eigenvalue weighted by atomic mass is 79.9. The van der Waals surface area contributed by atoms with Gasteiger partial charge in [-0.15, -0.1) is 0 Å². The van der Waals surface area contributed by atoms with Crippen molar-refractivity contribution in [3.05, 3.63) is 151 Å². The summed E-state index contributed by atoms with van der Waals surface area (Å²) in [5.74, 6) is -0.189. The summed E-state index contributed by atoms with van der Waals surface area (Å²) < 4.78 is 17.2. The molecule has 2 aromatic carbocycles. The van der Waals surface area contributed by atoms with E-state index in [9.17, 15) is 28.8 Å². The standard InChI is InChI=1S/C24H22BrClN4O3.C21H16BrClN4O3.C14H17N3O3/c1-23(2,3)33-22(32)29-12-24(13-29)17-6-7-27-10-19(17)30(21(24)31)11-18-20(25)16-5-4-15(26)8-14(16)9-28-18;1-30-20(29)26-10-21(11-26)15-4-5-24-8-17(15)27(19(21)28)9-16-18(22)14-3-2-13(23)6-12(14)7-25-16;1-13(2,3)20-12(19)17-7-14(8-17)9-4-5-15-6-10(9)16-11(14)18/h4-10H,11-13H2,1-3H3;2-8H,9-11H2,1H3;4-6H,7-8H2,1-3H3,(H,16,18). The third-order valence-corrected chi connectivity index (χ3v) is 17.6. The first-order valence-electron chi connectivity index (χ1n) is 26.4. The molecule has 6 aliphatic rings. The first-order chi connectivity index (χ1) is 39.3. The van der Waals surface area contributed by atoms with Crippen LogP contribution in [0.1, 0.15) is 69.6 Å². The monoisotopic (exact) mass is 1290 g/mol. The van der Waals surface area contributed by atoms with Crippen LogP contribution >= 0.6 is 55.1 Å². The molecular weight excluding hydrogens is 1240 g/mol. The molecule has 0 radical (unpaired) electrons. The predicted molar refractivity (Wildman–Crippen MR) is 317 cm³/mol. The number of carbonyl (C=O) groups excluding carboxylic acids is 6. The summed E-state index contributed by atoms with van der Waals surface area (Å²) in [5, 5.41) is 7.86. The second-order valence-corrected chi connectivity index (χ2v) is 25.6. The molecule has 3 fully saturated rings. The van der Waals surface area contributed by atoms with Gasteiger partial charge in [-0.2, -0.15) is 0 Å². The van der Waals surface area contributed by atoms with E-state index in [4.69, 9.17) is 37.4 Å². The molecule has 20 nitrogen and oxygen atoms in total. The van der Waals surface area contributed by atoms with Gasteiger partial charge in [0.05, 0.1) is 67.2 Å². The number of hydrogen-bond acceptors (Lipinski definition) is 14. The van der Waals surface area contributed by atoms with Crippen LogP contribution in [-0.4, -0.2) is 133 Å². The van der Waals surface area contributed by atoms with Crippen molar-refractivity contribution in [2.75, 3.05) is 61.5 Å². The molecule has 83 heavy (non-hydrogen) atoms. The number of amides is 6. The molecule has 6 amide bonds. The summed E-state index contributed by atoms with van der Waals surface area (Å²) in [6, 6.07) is 16.8. The molecular formula is C59H55Br2Cl2N11O9. The van der Waals surface area contributed by atoms with Crippen LogP contribution in [-0.2, 0) is 57.9 Å². The van der Waals surface area contributed by atoms with Crippen molar-refractivity contribution in [3.63, 3.8) is 0 Å². The highest BCUT2D eigenvalue weighted by molar-refractivity contribution is 9.11. The van der Waals surface area contributed by atoms with Gasteiger partial charge in [0.1, 0.15) is 27.4 Å². The Labute approximate surface area is 504 Å². The summed E-state index contributed by atoms with van der Waals surface area (Å²) in [6.07, 6.45) is 12.3. The minimum Gasteiger partial charge on any atom is -0.453 e. The average molecular weight is 1290 g/mol. The molecule has 11 heterocycles. The number of ether oxygens (including phenoxy) is 3. The summed E-state index contributed by atoms with van der Waals surface area (Å²) in [4.78, 5) is 105. The van der Waals surface area contributed by atoms with Crippen molar-refractivity contribution in [2.24, 2.45) is 0 Å². The van der Waals surface area contributed by atoms with E-state index in [0.29, 0.717) is 23.1 Å². The Hall–Kier alpha value is -7.53. The molecule has 0 saturated carbocycles. The van der Waals surface area contributed by atoms with Crippen molar-refractivity contribution < 1.29 is 43.0 Å². The van der Waals surface area contributed by atoms with E-state index >= 15 is 0 Å². The number of benzene rings is 2. The third-order valence-electron chi connectivity index (χ3n) is 15.4. The Kier molecular flexibility index (Phi) is 14.7. The van der Waals surface area contributed by atoms with E-state index in [1.165, 1.54) is 12.0 Å². The number of likely N-dealkylation sites (tertiary alicyclic amines) is 3. The minimum atomic E-state index is -0.786. The fraction of sp³-hybridized carbons (Fsp3) is 0.339. The SMILES string of the molecule is CC(C)(C)OC(=O)N1CC2(C1)C(=O)N(Cc1ncc3cc(Cl)ccc3c1Br)c1cnccc12.CC(C)(C)OC(=O)N1CC2(C1)C(=O)Nc1cnccc12.COC(=O)N1CC2(C1)C(=O)N(Cc1ncc3cc(Cl)ccc3c1Br)c1cnccc12. The second kappa shape index (κ2) is 21.3. The van der Waals surface area contributed by atoms with E-state index in [-0.39, 0.29) is 63.1 Å². The number of pyridine rings is 5. The normalized spacial score (nSPS) is 17.4. The summed E-state index contributed by atoms with van der Waals surface area (Å²) in [7, 11) is 1.34. The molecule has 0 atom stereocenters. The van der Waals surface area contributed by atoms with Crippen LogP contribution in [0.4, 0.5) is 31.4 Å². The number of halogens is 4. The summed E-state index contributed by atoms with van der Waals surface area (Å²) in [6.45, 7) is 13.4. The number of aromatic nitrogens is 5. The van der Waals surface area contributed by atoms with Gasteiger partial charge in [-0.25, -0.2) is 14.4 Å². The molecule has 0 bridgehead atoms. The largest absolute Gasteiger partial charge is 0.453 e. The van der Waals surface area contributed by atoms with E-state index < -0.39 is 39.6 Å². The Balaban J connectivity index is 0.000000134. The zero-order chi connectivity index (χ0) is 59.1. The number of hydrogen-bond donors (Lipinski definition) is 1. The average Bonchev–Trinajstić information content (AvgIpc) is 2.35. The number of nitrogens with one attached hydrogen (secondary N) is 1. The fourth-order valence-corrected chi connectivity index (χ4v) is 12.9. The lowest BCUT2D eigenvalue weighted by molar-refractivity contribution is -0.129. The lowest BCUT2D eigenvalue weighted by atomic mass is 9.75. The van der Waals surface area contributed by atoms with Crippen LogP contribution in [0, 0.1) is 0 Å². The van der Waals surface area contributed by atoms with Gasteiger partial charge in [-0.3, -0.25) is 39.3 Å². The number of nitrogens with zero attached hydrogens (tertiary/aromatic N) is 10. The quantitative estimate of drug-likeness (QED) is 0.162. The summed E-state index contributed by atoms with van der Waals surface area (Å²) in [5.41, 5.74) is 3.07. The van der Waals surface area contributed by atoms with Gasteiger partial charge >= 0.3 is 18.3 Å². The molecule has 24 heteroatoms. The van der Waals surface area contributed by atoms with E-state index in [1.54, 1.807) is 69.2 Å². The zero-order valence-corrected chi connectivity index (χ0v) is 50.8. The zero-order valence-electron chi connectivity index (χ0n) is 46.1. The van der Waals surface area contributed by atoms with E-state index in [0.717, 1.165) is 75.6 Å². The van der Waals surface area contributed by atoms with Crippen LogP contribution in [0.3, 0.4) is 0 Å². The Morgan fingerprint density at radius 1 is 0.566 bits per heavy atom. The smallest absolute Gasteiger partial charge is 0.410 e. The Morgan fingerprint density at radius 2 is 0.964 bits per heavy atom. The second-order valence-electron chi connectivity index (χ2n) is 23.2. The van der Waals surface area contributed by atoms with Gasteiger partial charge < -0.3 is 44.0 Å². The van der Waals surface area contributed by atoms with Crippen LogP contribution in [0.5, 0.6) is 0 Å². The summed E-state index contributed by atoms with van der Waals surface area (Å²) >= 11 is 19.5. The van der Waals surface area contributed by atoms with E-state index in [2.05, 4.69) is 62.1 Å². The van der Waals surface area contributed by atoms with Crippen molar-refractivity contribution in [2.45, 2.75) is 82.1 Å². The molecule has 13 rings (SSSR count). The number of rotatable bonds is 4. The molecule has 3 saturated heterocycles. The maximum Gasteiger partial charge on any atom is 0.410 e. The molecule has 1 N–H and O–H groups in total. The molecule has 428 valence electrons. The molecule has 0 unspecified atom stereocenters. The first kappa shape index (κ1) is 57.3. The molecule has 5 aromatic heterocycles. The molecule has 0 aliphatic carbocycles. The first-order valence-corrected chi connectivity index (χ1v) is 28.7. The fourth-order valence-electron chi connectivity index (χ4n) is 11.4. The van der Waals surface area contributed by atoms with Crippen LogP contribution in [0.2, 0.25) is 10.0 Å². The topological polar surface area (TPSA) is 223 Å². The molecule has 6 aliphatic heterocycles. The van der Waals surface area contributed by atoms with Gasteiger partial charge in [-0.05, 0) is 143 Å². The lowest BCUT2D eigenvalue weighted by Crippen LogP contribution is -2.65. The highest BCUT2D eigenvalue weighted by Gasteiger charge is 2.62. The van der Waals surface area contributed by atoms with Crippen molar-refractivity contribution in [1.82, 2.24) is 39.6 Å².